The molecule has 154 valence electrons. The highest BCUT2D eigenvalue weighted by Gasteiger charge is 2.31. The lowest BCUT2D eigenvalue weighted by Crippen LogP contribution is -2.40. The van der Waals surface area contributed by atoms with E-state index in [1.807, 2.05) is 13.8 Å². The van der Waals surface area contributed by atoms with Gasteiger partial charge in [-0.05, 0) is 24.1 Å². The largest absolute Gasteiger partial charge is 0.370 e. The zero-order valence-corrected chi connectivity index (χ0v) is 16.8. The van der Waals surface area contributed by atoms with E-state index in [1.54, 1.807) is 47.6 Å². The van der Waals surface area contributed by atoms with Crippen molar-refractivity contribution in [2.24, 2.45) is 5.92 Å². The van der Waals surface area contributed by atoms with Crippen LogP contribution in [0.2, 0.25) is 0 Å². The van der Waals surface area contributed by atoms with Crippen molar-refractivity contribution in [3.63, 3.8) is 0 Å². The molecule has 0 aliphatic carbocycles. The number of pyridine rings is 1. The number of aromatic nitrogens is 1. The molecule has 0 saturated carbocycles. The molecule has 1 aliphatic heterocycles. The zero-order chi connectivity index (χ0) is 20.8. The Bertz CT molecular complexity index is 844. The Morgan fingerprint density at radius 3 is 2.62 bits per heavy atom. The molecule has 0 radical (unpaired) electrons. The summed E-state index contributed by atoms with van der Waals surface area (Å²) >= 11 is 0. The van der Waals surface area contributed by atoms with Gasteiger partial charge in [-0.2, -0.15) is 0 Å². The van der Waals surface area contributed by atoms with Gasteiger partial charge in [0, 0.05) is 43.2 Å². The summed E-state index contributed by atoms with van der Waals surface area (Å²) in [5.41, 5.74) is 0.920. The lowest BCUT2D eigenvalue weighted by Gasteiger charge is -2.26. The molecule has 1 atom stereocenters. The molecule has 1 saturated heterocycles. The second kappa shape index (κ2) is 9.60. The van der Waals surface area contributed by atoms with Crippen LogP contribution in [0.3, 0.4) is 0 Å². The number of hydrogen-bond acceptors (Lipinski definition) is 4. The molecule has 1 fully saturated rings. The molecule has 0 unspecified atom stereocenters. The molecule has 0 spiro atoms. The predicted molar refractivity (Wildman–Crippen MR) is 107 cm³/mol. The number of halogens is 1. The van der Waals surface area contributed by atoms with Gasteiger partial charge in [0.25, 0.3) is 5.91 Å². The lowest BCUT2D eigenvalue weighted by atomic mass is 10.2. The summed E-state index contributed by atoms with van der Waals surface area (Å²) in [5, 5.41) is 0. The summed E-state index contributed by atoms with van der Waals surface area (Å²) in [6.45, 7) is 5.35. The van der Waals surface area contributed by atoms with Gasteiger partial charge in [-0.3, -0.25) is 14.6 Å². The van der Waals surface area contributed by atoms with E-state index in [9.17, 15) is 14.0 Å². The van der Waals surface area contributed by atoms with E-state index in [-0.39, 0.29) is 43.2 Å². The lowest BCUT2D eigenvalue weighted by molar-refractivity contribution is -0.132. The Morgan fingerprint density at radius 2 is 1.93 bits per heavy atom. The van der Waals surface area contributed by atoms with Gasteiger partial charge in [-0.15, -0.1) is 0 Å². The minimum absolute atomic E-state index is 0.00651. The van der Waals surface area contributed by atoms with Gasteiger partial charge in [0.05, 0.1) is 12.7 Å². The van der Waals surface area contributed by atoms with Gasteiger partial charge in [0.15, 0.2) is 0 Å². The molecule has 1 aliphatic rings. The SMILES string of the molecule is CC(C)CN1C[C@@H](OCc2ccccc2F)CN(C(=O)c2ccncc2)CC1=O. The van der Waals surface area contributed by atoms with Crippen molar-refractivity contribution in [3.05, 3.63) is 65.7 Å². The highest BCUT2D eigenvalue weighted by Crippen LogP contribution is 2.16. The predicted octanol–water partition coefficient (Wildman–Crippen LogP) is 2.75. The summed E-state index contributed by atoms with van der Waals surface area (Å²) in [5.74, 6) is -0.403. The van der Waals surface area contributed by atoms with E-state index in [1.165, 1.54) is 11.0 Å². The number of amides is 2. The van der Waals surface area contributed by atoms with Crippen LogP contribution in [-0.4, -0.2) is 58.9 Å². The molecule has 7 heteroatoms. The van der Waals surface area contributed by atoms with E-state index >= 15 is 0 Å². The molecule has 2 amide bonds. The van der Waals surface area contributed by atoms with Crippen LogP contribution in [0.1, 0.15) is 29.8 Å². The Balaban J connectivity index is 1.77. The summed E-state index contributed by atoms with van der Waals surface area (Å²) in [6, 6.07) is 9.69. The highest BCUT2D eigenvalue weighted by atomic mass is 19.1. The minimum atomic E-state index is -0.411. The first-order chi connectivity index (χ1) is 13.9. The number of ether oxygens (including phenoxy) is 1. The summed E-state index contributed by atoms with van der Waals surface area (Å²) in [7, 11) is 0. The second-order valence-electron chi connectivity index (χ2n) is 7.64. The van der Waals surface area contributed by atoms with Gasteiger partial charge in [-0.25, -0.2) is 4.39 Å². The van der Waals surface area contributed by atoms with Gasteiger partial charge >= 0.3 is 0 Å². The van der Waals surface area contributed by atoms with Crippen LogP contribution in [0.4, 0.5) is 4.39 Å². The standard InChI is InChI=1S/C22H26FN3O3/c1-16(2)11-25-12-19(29-15-18-5-3-4-6-20(18)23)13-26(14-21(25)27)22(28)17-7-9-24-10-8-17/h3-10,16,19H,11-15H2,1-2H3/t19-/m1/s1. The van der Waals surface area contributed by atoms with E-state index < -0.39 is 6.10 Å². The van der Waals surface area contributed by atoms with Crippen LogP contribution >= 0.6 is 0 Å². The molecule has 2 aromatic rings. The molecular weight excluding hydrogens is 373 g/mol. The Morgan fingerprint density at radius 1 is 1.21 bits per heavy atom. The molecule has 3 rings (SSSR count). The number of carbonyl (C=O) groups is 2. The number of hydrogen-bond donors (Lipinski definition) is 0. The number of nitrogens with zero attached hydrogens (tertiary/aromatic N) is 3. The topological polar surface area (TPSA) is 62.7 Å². The van der Waals surface area contributed by atoms with E-state index in [4.69, 9.17) is 4.74 Å². The first-order valence-corrected chi connectivity index (χ1v) is 9.76. The number of benzene rings is 1. The molecule has 29 heavy (non-hydrogen) atoms. The van der Waals surface area contributed by atoms with Crippen LogP contribution in [0, 0.1) is 11.7 Å². The smallest absolute Gasteiger partial charge is 0.254 e. The van der Waals surface area contributed by atoms with E-state index in [0.717, 1.165) is 0 Å². The maximum atomic E-state index is 13.9. The Kier molecular flexibility index (Phi) is 6.93. The zero-order valence-electron chi connectivity index (χ0n) is 16.8. The van der Waals surface area contributed by atoms with Crippen molar-refractivity contribution in [1.29, 1.82) is 0 Å². The molecule has 0 bridgehead atoms. The summed E-state index contributed by atoms with van der Waals surface area (Å²) in [6.07, 6.45) is 2.68. The van der Waals surface area contributed by atoms with Crippen molar-refractivity contribution in [3.8, 4) is 0 Å². The minimum Gasteiger partial charge on any atom is -0.370 e. The fraction of sp³-hybridized carbons (Fsp3) is 0.409. The highest BCUT2D eigenvalue weighted by molar-refractivity contribution is 5.96. The van der Waals surface area contributed by atoms with Crippen LogP contribution < -0.4 is 0 Å². The quantitative estimate of drug-likeness (QED) is 0.749. The first kappa shape index (κ1) is 20.9. The van der Waals surface area contributed by atoms with Gasteiger partial charge in [0.1, 0.15) is 12.4 Å². The average molecular weight is 399 g/mol. The van der Waals surface area contributed by atoms with Crippen molar-refractivity contribution < 1.29 is 18.7 Å². The van der Waals surface area contributed by atoms with E-state index in [0.29, 0.717) is 24.2 Å². The third kappa shape index (κ3) is 5.60. The fourth-order valence-corrected chi connectivity index (χ4v) is 3.36. The van der Waals surface area contributed by atoms with Crippen molar-refractivity contribution in [1.82, 2.24) is 14.8 Å². The Labute approximate surface area is 170 Å². The van der Waals surface area contributed by atoms with Gasteiger partial charge < -0.3 is 14.5 Å². The van der Waals surface area contributed by atoms with Crippen molar-refractivity contribution in [2.75, 3.05) is 26.2 Å². The summed E-state index contributed by atoms with van der Waals surface area (Å²) < 4.78 is 19.9. The van der Waals surface area contributed by atoms with Crippen LogP contribution in [0.25, 0.3) is 0 Å². The molecular formula is C22H26FN3O3. The molecule has 2 heterocycles. The Hall–Kier alpha value is -2.80. The van der Waals surface area contributed by atoms with E-state index in [2.05, 4.69) is 4.98 Å². The molecule has 1 aromatic carbocycles. The van der Waals surface area contributed by atoms with Crippen LogP contribution in [-0.2, 0) is 16.1 Å². The first-order valence-electron chi connectivity index (χ1n) is 9.76. The van der Waals surface area contributed by atoms with Crippen LogP contribution in [0.15, 0.2) is 48.8 Å². The fourth-order valence-electron chi connectivity index (χ4n) is 3.36. The molecule has 1 aromatic heterocycles. The normalized spacial score (nSPS) is 17.5. The maximum absolute atomic E-state index is 13.9. The van der Waals surface area contributed by atoms with Crippen LogP contribution in [0.5, 0.6) is 0 Å². The van der Waals surface area contributed by atoms with Crippen molar-refractivity contribution in [2.45, 2.75) is 26.6 Å². The maximum Gasteiger partial charge on any atom is 0.254 e. The summed E-state index contributed by atoms with van der Waals surface area (Å²) in [4.78, 5) is 32.9. The van der Waals surface area contributed by atoms with Gasteiger partial charge in [-0.1, -0.05) is 32.0 Å². The number of rotatable bonds is 6. The third-order valence-corrected chi connectivity index (χ3v) is 4.76. The average Bonchev–Trinajstić information content (AvgIpc) is 2.86. The molecule has 0 N–H and O–H groups in total. The molecule has 6 nitrogen and oxygen atoms in total. The van der Waals surface area contributed by atoms with Gasteiger partial charge in [0.2, 0.25) is 5.91 Å². The van der Waals surface area contributed by atoms with Crippen molar-refractivity contribution >= 4 is 11.8 Å². The number of carbonyl (C=O) groups excluding carboxylic acids is 2. The monoisotopic (exact) mass is 399 g/mol. The second-order valence-corrected chi connectivity index (χ2v) is 7.64. The third-order valence-electron chi connectivity index (χ3n) is 4.76.